The molecule has 3 heterocycles. The van der Waals surface area contributed by atoms with Crippen LogP contribution in [-0.2, 0) is 4.79 Å². The standard InChI is InChI=1S/C18H18N4O/c23-15-9-13(11-5-2-6-14-12(11)7-8-19-14)16-17(10-3-1-4-10)21-22-18(16)20-15/h2,5-8,10,13,19H,1,3-4,9H2,(H2,20,21,22,23)/t13-/m0/s1. The summed E-state index contributed by atoms with van der Waals surface area (Å²) < 4.78 is 0. The number of carbonyl (C=O) groups is 1. The highest BCUT2D eigenvalue weighted by Gasteiger charge is 2.35. The number of aromatic amines is 2. The van der Waals surface area contributed by atoms with E-state index >= 15 is 0 Å². The SMILES string of the molecule is O=C1C[C@@H](c2cccc3[nH]ccc23)c2c(n[nH]c2C2CCC2)N1. The molecule has 23 heavy (non-hydrogen) atoms. The lowest BCUT2D eigenvalue weighted by atomic mass is 9.76. The number of nitrogens with one attached hydrogen (secondary N) is 3. The van der Waals surface area contributed by atoms with E-state index in [0.717, 1.165) is 11.3 Å². The molecule has 1 aliphatic heterocycles. The fourth-order valence-electron chi connectivity index (χ4n) is 3.97. The number of fused-ring (bicyclic) bond motifs is 2. The zero-order valence-electron chi connectivity index (χ0n) is 12.7. The Morgan fingerprint density at radius 1 is 1.17 bits per heavy atom. The molecule has 3 N–H and O–H groups in total. The molecule has 5 heteroatoms. The van der Waals surface area contributed by atoms with Crippen molar-refractivity contribution in [2.24, 2.45) is 0 Å². The van der Waals surface area contributed by atoms with E-state index in [9.17, 15) is 4.79 Å². The largest absolute Gasteiger partial charge is 0.361 e. The fraction of sp³-hybridized carbons (Fsp3) is 0.333. The zero-order valence-corrected chi connectivity index (χ0v) is 12.7. The number of hydrogen-bond acceptors (Lipinski definition) is 2. The Bertz CT molecular complexity index is 903. The van der Waals surface area contributed by atoms with Crippen LogP contribution in [0.4, 0.5) is 5.82 Å². The van der Waals surface area contributed by atoms with Gasteiger partial charge in [-0.3, -0.25) is 9.89 Å². The van der Waals surface area contributed by atoms with Gasteiger partial charge in [-0.15, -0.1) is 0 Å². The van der Waals surface area contributed by atoms with Gasteiger partial charge in [-0.1, -0.05) is 18.6 Å². The van der Waals surface area contributed by atoms with Crippen LogP contribution in [0.1, 0.15) is 54.3 Å². The first-order valence-electron chi connectivity index (χ1n) is 8.25. The molecule has 116 valence electrons. The normalized spacial score (nSPS) is 21.0. The van der Waals surface area contributed by atoms with Gasteiger partial charge in [-0.05, 0) is 30.5 Å². The minimum absolute atomic E-state index is 0.0432. The second kappa shape index (κ2) is 4.72. The maximum atomic E-state index is 12.2. The van der Waals surface area contributed by atoms with Gasteiger partial charge in [-0.25, -0.2) is 0 Å². The number of hydrogen-bond donors (Lipinski definition) is 3. The maximum Gasteiger partial charge on any atom is 0.226 e. The molecule has 5 nitrogen and oxygen atoms in total. The Kier molecular flexibility index (Phi) is 2.65. The van der Waals surface area contributed by atoms with Gasteiger partial charge in [0.15, 0.2) is 5.82 Å². The van der Waals surface area contributed by atoms with E-state index in [0.29, 0.717) is 12.3 Å². The molecule has 3 aromatic rings. The Morgan fingerprint density at radius 2 is 2.09 bits per heavy atom. The third kappa shape index (κ3) is 1.86. The van der Waals surface area contributed by atoms with Crippen LogP contribution >= 0.6 is 0 Å². The summed E-state index contributed by atoms with van der Waals surface area (Å²) in [5.74, 6) is 1.41. The van der Waals surface area contributed by atoms with Crippen molar-refractivity contribution in [3.8, 4) is 0 Å². The van der Waals surface area contributed by atoms with Crippen molar-refractivity contribution < 1.29 is 4.79 Å². The number of nitrogens with zero attached hydrogens (tertiary/aromatic N) is 1. The number of benzene rings is 1. The van der Waals surface area contributed by atoms with E-state index in [1.54, 1.807) is 0 Å². The van der Waals surface area contributed by atoms with Crippen LogP contribution < -0.4 is 5.32 Å². The first-order valence-corrected chi connectivity index (χ1v) is 8.25. The molecular formula is C18H18N4O. The van der Waals surface area contributed by atoms with Crippen molar-refractivity contribution in [3.63, 3.8) is 0 Å². The average molecular weight is 306 g/mol. The van der Waals surface area contributed by atoms with Crippen molar-refractivity contribution in [1.29, 1.82) is 0 Å². The maximum absolute atomic E-state index is 12.2. The van der Waals surface area contributed by atoms with Crippen molar-refractivity contribution in [2.75, 3.05) is 5.32 Å². The molecule has 1 fully saturated rings. The molecule has 0 saturated heterocycles. The van der Waals surface area contributed by atoms with Crippen LogP contribution in [0.25, 0.3) is 10.9 Å². The Hall–Kier alpha value is -2.56. The third-order valence-electron chi connectivity index (χ3n) is 5.35. The average Bonchev–Trinajstić information content (AvgIpc) is 3.11. The molecule has 0 unspecified atom stereocenters. The molecule has 0 radical (unpaired) electrons. The smallest absolute Gasteiger partial charge is 0.226 e. The van der Waals surface area contributed by atoms with E-state index in [2.05, 4.69) is 44.8 Å². The number of anilines is 1. The predicted molar refractivity (Wildman–Crippen MR) is 88.6 cm³/mol. The summed E-state index contributed by atoms with van der Waals surface area (Å²) in [5.41, 5.74) is 4.75. The summed E-state index contributed by atoms with van der Waals surface area (Å²) in [6.07, 6.45) is 6.15. The van der Waals surface area contributed by atoms with Crippen molar-refractivity contribution in [3.05, 3.63) is 47.3 Å². The first-order chi connectivity index (χ1) is 11.3. The predicted octanol–water partition coefficient (Wildman–Crippen LogP) is 3.63. The van der Waals surface area contributed by atoms with Gasteiger partial charge in [-0.2, -0.15) is 5.10 Å². The third-order valence-corrected chi connectivity index (χ3v) is 5.35. The lowest BCUT2D eigenvalue weighted by Gasteiger charge is -2.29. The summed E-state index contributed by atoms with van der Waals surface area (Å²) in [6.45, 7) is 0. The van der Waals surface area contributed by atoms with E-state index in [1.807, 2.05) is 6.20 Å². The van der Waals surface area contributed by atoms with Crippen molar-refractivity contribution in [2.45, 2.75) is 37.5 Å². The Balaban J connectivity index is 1.70. The molecule has 5 rings (SSSR count). The second-order valence-corrected chi connectivity index (χ2v) is 6.62. The summed E-state index contributed by atoms with van der Waals surface area (Å²) in [6, 6.07) is 8.37. The molecule has 0 bridgehead atoms. The highest BCUT2D eigenvalue weighted by atomic mass is 16.1. The molecule has 1 atom stereocenters. The van der Waals surface area contributed by atoms with Gasteiger partial charge in [0.1, 0.15) is 0 Å². The Morgan fingerprint density at radius 3 is 2.91 bits per heavy atom. The number of carbonyl (C=O) groups excluding carboxylic acids is 1. The molecule has 1 aliphatic carbocycles. The minimum Gasteiger partial charge on any atom is -0.361 e. The van der Waals surface area contributed by atoms with Crippen LogP contribution in [0.2, 0.25) is 0 Å². The van der Waals surface area contributed by atoms with Gasteiger partial charge < -0.3 is 10.3 Å². The summed E-state index contributed by atoms with van der Waals surface area (Å²) in [7, 11) is 0. The van der Waals surface area contributed by atoms with Crippen LogP contribution in [0.15, 0.2) is 30.5 Å². The van der Waals surface area contributed by atoms with E-state index in [-0.39, 0.29) is 11.8 Å². The van der Waals surface area contributed by atoms with Crippen LogP contribution in [0, 0.1) is 0 Å². The minimum atomic E-state index is 0.0432. The van der Waals surface area contributed by atoms with Gasteiger partial charge in [0.2, 0.25) is 5.91 Å². The first kappa shape index (κ1) is 12.9. The lowest BCUT2D eigenvalue weighted by molar-refractivity contribution is -0.116. The molecule has 1 saturated carbocycles. The number of H-pyrrole nitrogens is 2. The number of aromatic nitrogens is 3. The van der Waals surface area contributed by atoms with Gasteiger partial charge in [0.25, 0.3) is 0 Å². The summed E-state index contributed by atoms with van der Waals surface area (Å²) in [5, 5.41) is 11.7. The summed E-state index contributed by atoms with van der Waals surface area (Å²) in [4.78, 5) is 15.4. The molecule has 1 aromatic carbocycles. The number of rotatable bonds is 2. The van der Waals surface area contributed by atoms with Crippen molar-refractivity contribution >= 4 is 22.6 Å². The molecule has 1 amide bonds. The quantitative estimate of drug-likeness (QED) is 0.676. The molecular weight excluding hydrogens is 288 g/mol. The Labute approximate surface area is 133 Å². The van der Waals surface area contributed by atoms with Gasteiger partial charge >= 0.3 is 0 Å². The zero-order chi connectivity index (χ0) is 15.4. The lowest BCUT2D eigenvalue weighted by Crippen LogP contribution is -2.24. The van der Waals surface area contributed by atoms with E-state index in [1.165, 1.54) is 41.5 Å². The monoisotopic (exact) mass is 306 g/mol. The van der Waals surface area contributed by atoms with Crippen LogP contribution in [-0.4, -0.2) is 21.1 Å². The number of amides is 1. The van der Waals surface area contributed by atoms with Gasteiger partial charge in [0, 0.05) is 46.6 Å². The van der Waals surface area contributed by atoms with Gasteiger partial charge in [0.05, 0.1) is 0 Å². The fourth-order valence-corrected chi connectivity index (χ4v) is 3.97. The molecule has 2 aliphatic rings. The van der Waals surface area contributed by atoms with Crippen LogP contribution in [0.3, 0.4) is 0 Å². The van der Waals surface area contributed by atoms with E-state index in [4.69, 9.17) is 0 Å². The topological polar surface area (TPSA) is 73.6 Å². The van der Waals surface area contributed by atoms with E-state index < -0.39 is 0 Å². The highest BCUT2D eigenvalue weighted by molar-refractivity contribution is 5.96. The van der Waals surface area contributed by atoms with Crippen LogP contribution in [0.5, 0.6) is 0 Å². The molecule has 0 spiro atoms. The summed E-state index contributed by atoms with van der Waals surface area (Å²) >= 11 is 0. The second-order valence-electron chi connectivity index (χ2n) is 6.62. The molecule has 2 aromatic heterocycles. The van der Waals surface area contributed by atoms with Crippen molar-refractivity contribution in [1.82, 2.24) is 15.2 Å². The highest BCUT2D eigenvalue weighted by Crippen LogP contribution is 2.46.